The maximum absolute atomic E-state index is 11.8. The molecular formula is C13H11IO3. The molecule has 3 rings (SSSR count). The van der Waals surface area contributed by atoms with E-state index >= 15 is 0 Å². The summed E-state index contributed by atoms with van der Waals surface area (Å²) in [6.07, 6.45) is 0.0688. The smallest absolute Gasteiger partial charge is 0.379 e. The molecule has 1 aliphatic heterocycles. The third-order valence-electron chi connectivity index (χ3n) is 3.24. The molecule has 0 N–H and O–H groups in total. The molecule has 2 atom stereocenters. The fourth-order valence-electron chi connectivity index (χ4n) is 2.32. The van der Waals surface area contributed by atoms with E-state index in [-0.39, 0.29) is 17.6 Å². The summed E-state index contributed by atoms with van der Waals surface area (Å²) in [7, 11) is 0. The van der Waals surface area contributed by atoms with Crippen molar-refractivity contribution in [1.29, 1.82) is 0 Å². The zero-order valence-electron chi connectivity index (χ0n) is 9.27. The van der Waals surface area contributed by atoms with Crippen LogP contribution in [0, 0.1) is 0 Å². The maximum Gasteiger partial charge on any atom is 0.379 e. The number of hydrogen-bond donors (Lipinski definition) is 0. The van der Waals surface area contributed by atoms with Gasteiger partial charge in [0.1, 0.15) is 11.7 Å². The summed E-state index contributed by atoms with van der Waals surface area (Å²) >= 11 is 2.28. The fraction of sp³-hybridized carbons (Fsp3) is 0.308. The molecule has 0 amide bonds. The van der Waals surface area contributed by atoms with Gasteiger partial charge in [-0.1, -0.05) is 47.7 Å². The van der Waals surface area contributed by atoms with Crippen molar-refractivity contribution in [2.75, 3.05) is 4.43 Å². The Hall–Kier alpha value is -1.04. The lowest BCUT2D eigenvalue weighted by molar-refractivity contribution is 0.233. The summed E-state index contributed by atoms with van der Waals surface area (Å²) in [5, 5.41) is 0.988. The number of hydrogen-bond acceptors (Lipinski definition) is 3. The Balaban J connectivity index is 2.36. The molecule has 0 aliphatic carbocycles. The quantitative estimate of drug-likeness (QED) is 0.454. The number of alkyl halides is 1. The molecule has 2 aromatic rings. The molecule has 2 heterocycles. The van der Waals surface area contributed by atoms with Crippen LogP contribution in [-0.4, -0.2) is 10.5 Å². The van der Waals surface area contributed by atoms with Gasteiger partial charge in [0.25, 0.3) is 0 Å². The molecule has 0 bridgehead atoms. The fourth-order valence-corrected chi connectivity index (χ4v) is 3.27. The number of ether oxygens (including phenoxy) is 1. The lowest BCUT2D eigenvalue weighted by Gasteiger charge is -2.11. The first-order chi connectivity index (χ1) is 8.22. The average molecular weight is 342 g/mol. The van der Waals surface area contributed by atoms with E-state index in [2.05, 4.69) is 29.5 Å². The van der Waals surface area contributed by atoms with E-state index in [0.29, 0.717) is 11.3 Å². The predicted molar refractivity (Wildman–Crippen MR) is 74.2 cm³/mol. The van der Waals surface area contributed by atoms with Gasteiger partial charge in [-0.05, 0) is 6.07 Å². The van der Waals surface area contributed by atoms with E-state index in [1.54, 1.807) is 0 Å². The van der Waals surface area contributed by atoms with Crippen LogP contribution in [0.2, 0.25) is 0 Å². The second-order valence-corrected chi connectivity index (χ2v) is 5.11. The van der Waals surface area contributed by atoms with E-state index in [0.717, 1.165) is 15.4 Å². The molecule has 0 fully saturated rings. The number of benzene rings is 1. The van der Waals surface area contributed by atoms with Crippen LogP contribution < -0.4 is 10.4 Å². The van der Waals surface area contributed by atoms with Crippen molar-refractivity contribution in [3.8, 4) is 5.75 Å². The van der Waals surface area contributed by atoms with Crippen molar-refractivity contribution in [1.82, 2.24) is 0 Å². The van der Waals surface area contributed by atoms with Crippen LogP contribution in [0.1, 0.15) is 18.4 Å². The Morgan fingerprint density at radius 1 is 1.35 bits per heavy atom. The summed E-state index contributed by atoms with van der Waals surface area (Å²) in [6.45, 7) is 2.10. The van der Waals surface area contributed by atoms with E-state index in [4.69, 9.17) is 9.15 Å². The highest BCUT2D eigenvalue weighted by Gasteiger charge is 2.34. The van der Waals surface area contributed by atoms with Gasteiger partial charge in [-0.2, -0.15) is 0 Å². The highest BCUT2D eigenvalue weighted by atomic mass is 127. The second kappa shape index (κ2) is 4.01. The molecule has 0 radical (unpaired) electrons. The van der Waals surface area contributed by atoms with E-state index < -0.39 is 0 Å². The third kappa shape index (κ3) is 1.57. The van der Waals surface area contributed by atoms with Crippen molar-refractivity contribution < 1.29 is 9.15 Å². The van der Waals surface area contributed by atoms with Gasteiger partial charge in [0, 0.05) is 21.3 Å². The topological polar surface area (TPSA) is 39.4 Å². The van der Waals surface area contributed by atoms with Crippen LogP contribution in [0.3, 0.4) is 0 Å². The van der Waals surface area contributed by atoms with Gasteiger partial charge in [0.05, 0.1) is 0 Å². The summed E-state index contributed by atoms with van der Waals surface area (Å²) in [5.41, 5.74) is 1.28. The summed E-state index contributed by atoms with van der Waals surface area (Å²) < 4.78 is 11.8. The predicted octanol–water partition coefficient (Wildman–Crippen LogP) is 3.09. The van der Waals surface area contributed by atoms with Gasteiger partial charge in [0.2, 0.25) is 5.75 Å². The summed E-state index contributed by atoms with van der Waals surface area (Å²) in [5.74, 6) is 0.633. The van der Waals surface area contributed by atoms with Gasteiger partial charge < -0.3 is 9.15 Å². The van der Waals surface area contributed by atoms with Crippen molar-refractivity contribution in [3.05, 3.63) is 40.2 Å². The highest BCUT2D eigenvalue weighted by molar-refractivity contribution is 14.1. The Morgan fingerprint density at radius 3 is 2.88 bits per heavy atom. The second-order valence-electron chi connectivity index (χ2n) is 4.23. The molecule has 0 saturated carbocycles. The first-order valence-electron chi connectivity index (χ1n) is 5.50. The summed E-state index contributed by atoms with van der Waals surface area (Å²) in [4.78, 5) is 11.8. The molecule has 0 spiro atoms. The lowest BCUT2D eigenvalue weighted by atomic mass is 9.96. The first-order valence-corrected chi connectivity index (χ1v) is 7.03. The Kier molecular flexibility index (Phi) is 2.61. The molecule has 3 nitrogen and oxygen atoms in total. The lowest BCUT2D eigenvalue weighted by Crippen LogP contribution is -2.18. The number of halogens is 1. The van der Waals surface area contributed by atoms with Crippen LogP contribution in [-0.2, 0) is 0 Å². The van der Waals surface area contributed by atoms with Crippen LogP contribution in [0.4, 0.5) is 0 Å². The summed E-state index contributed by atoms with van der Waals surface area (Å²) in [6, 6.07) is 7.62. The van der Waals surface area contributed by atoms with E-state index in [9.17, 15) is 4.79 Å². The number of fused-ring (bicyclic) bond motifs is 3. The maximum atomic E-state index is 11.8. The van der Waals surface area contributed by atoms with Crippen LogP contribution in [0.15, 0.2) is 33.5 Å². The molecule has 2 unspecified atom stereocenters. The molecule has 17 heavy (non-hydrogen) atoms. The standard InChI is InChI=1S/C13H11IO3/c1-7-10(6-14)16-12-11(7)8-4-2-3-5-9(8)17-13(12)15/h2-5,7,10H,6H2,1H3. The van der Waals surface area contributed by atoms with Crippen molar-refractivity contribution in [2.24, 2.45) is 0 Å². The van der Waals surface area contributed by atoms with Crippen molar-refractivity contribution in [2.45, 2.75) is 18.9 Å². The first kappa shape index (κ1) is 11.1. The molecule has 1 aliphatic rings. The van der Waals surface area contributed by atoms with Gasteiger partial charge in [-0.15, -0.1) is 0 Å². The monoisotopic (exact) mass is 342 g/mol. The van der Waals surface area contributed by atoms with Crippen molar-refractivity contribution in [3.63, 3.8) is 0 Å². The van der Waals surface area contributed by atoms with Crippen LogP contribution >= 0.6 is 22.6 Å². The van der Waals surface area contributed by atoms with Gasteiger partial charge >= 0.3 is 5.63 Å². The number of rotatable bonds is 1. The van der Waals surface area contributed by atoms with E-state index in [1.807, 2.05) is 24.3 Å². The third-order valence-corrected chi connectivity index (χ3v) is 4.11. The van der Waals surface area contributed by atoms with E-state index in [1.165, 1.54) is 0 Å². The minimum absolute atomic E-state index is 0.0688. The Morgan fingerprint density at radius 2 is 2.12 bits per heavy atom. The van der Waals surface area contributed by atoms with Crippen LogP contribution in [0.5, 0.6) is 5.75 Å². The largest absolute Gasteiger partial charge is 0.482 e. The minimum Gasteiger partial charge on any atom is -0.482 e. The van der Waals surface area contributed by atoms with Crippen molar-refractivity contribution >= 4 is 33.6 Å². The SMILES string of the molecule is CC1c2c(c(=O)oc3ccccc23)OC1CI. The molecule has 88 valence electrons. The van der Waals surface area contributed by atoms with Gasteiger partial charge in [-0.25, -0.2) is 4.79 Å². The normalized spacial score (nSPS) is 22.5. The Labute approximate surface area is 112 Å². The number of para-hydroxylation sites is 1. The Bertz CT molecular complexity index is 632. The molecule has 1 aromatic carbocycles. The minimum atomic E-state index is -0.363. The molecule has 4 heteroatoms. The molecular weight excluding hydrogens is 331 g/mol. The zero-order valence-corrected chi connectivity index (χ0v) is 11.4. The zero-order chi connectivity index (χ0) is 12.0. The molecule has 1 aromatic heterocycles. The van der Waals surface area contributed by atoms with Gasteiger partial charge in [0.15, 0.2) is 0 Å². The van der Waals surface area contributed by atoms with Gasteiger partial charge in [-0.3, -0.25) is 0 Å². The van der Waals surface area contributed by atoms with Crippen LogP contribution in [0.25, 0.3) is 11.0 Å². The average Bonchev–Trinajstić information content (AvgIpc) is 2.68. The molecule has 0 saturated heterocycles. The highest BCUT2D eigenvalue weighted by Crippen LogP contribution is 2.40.